The molecule has 0 aliphatic heterocycles. The first kappa shape index (κ1) is 15.9. The van der Waals surface area contributed by atoms with Crippen LogP contribution in [0.4, 0.5) is 26.3 Å². The Morgan fingerprint density at radius 1 is 0.842 bits per heavy atom. The van der Waals surface area contributed by atoms with Crippen molar-refractivity contribution in [2.75, 3.05) is 13.2 Å². The number of alkyl halides is 6. The average molecular weight is 353 g/mol. The van der Waals surface area contributed by atoms with Crippen LogP contribution in [0, 0.1) is 0 Å². The third-order valence-electron chi connectivity index (χ3n) is 1.69. The van der Waals surface area contributed by atoms with E-state index in [9.17, 15) is 26.3 Å². The van der Waals surface area contributed by atoms with Crippen molar-refractivity contribution < 1.29 is 35.8 Å². The van der Waals surface area contributed by atoms with Crippen molar-refractivity contribution in [3.63, 3.8) is 0 Å². The minimum Gasteiger partial charge on any atom is -0.480 e. The molecule has 19 heavy (non-hydrogen) atoms. The van der Waals surface area contributed by atoms with Crippen molar-refractivity contribution in [2.45, 2.75) is 12.4 Å². The lowest BCUT2D eigenvalue weighted by Gasteiger charge is -2.15. The van der Waals surface area contributed by atoms with Crippen molar-refractivity contribution in [3.05, 3.63) is 22.7 Å². The lowest BCUT2D eigenvalue weighted by Crippen LogP contribution is -2.21. The highest BCUT2D eigenvalue weighted by Crippen LogP contribution is 2.33. The van der Waals surface area contributed by atoms with Gasteiger partial charge in [-0.3, -0.25) is 0 Å². The highest BCUT2D eigenvalue weighted by molar-refractivity contribution is 9.10. The number of hydrogen-bond donors (Lipinski definition) is 0. The van der Waals surface area contributed by atoms with Gasteiger partial charge in [-0.1, -0.05) is 15.9 Å². The monoisotopic (exact) mass is 352 g/mol. The third-order valence-corrected chi connectivity index (χ3v) is 2.18. The second-order valence-corrected chi connectivity index (χ2v) is 4.31. The van der Waals surface area contributed by atoms with E-state index in [2.05, 4.69) is 25.4 Å². The Balaban J connectivity index is 2.80. The van der Waals surface area contributed by atoms with E-state index in [1.165, 1.54) is 6.07 Å². The fraction of sp³-hybridized carbons (Fsp3) is 0.400. The van der Waals surface area contributed by atoms with Gasteiger partial charge in [0.15, 0.2) is 24.7 Å². The van der Waals surface area contributed by atoms with Crippen molar-refractivity contribution in [3.8, 4) is 11.5 Å². The smallest absolute Gasteiger partial charge is 0.422 e. The van der Waals surface area contributed by atoms with Crippen molar-refractivity contribution in [2.24, 2.45) is 0 Å². The maximum absolute atomic E-state index is 12.0. The van der Waals surface area contributed by atoms with Gasteiger partial charge in [-0.05, 0) is 18.2 Å². The minimum atomic E-state index is -4.59. The summed E-state index contributed by atoms with van der Waals surface area (Å²) in [6.07, 6.45) is -9.18. The molecule has 0 aromatic heterocycles. The van der Waals surface area contributed by atoms with Gasteiger partial charge in [0.2, 0.25) is 0 Å². The minimum absolute atomic E-state index is 0.351. The summed E-state index contributed by atoms with van der Waals surface area (Å²) in [4.78, 5) is 0. The molecular formula is C10H7BrF6O2. The quantitative estimate of drug-likeness (QED) is 0.751. The van der Waals surface area contributed by atoms with Crippen LogP contribution in [0.1, 0.15) is 0 Å². The van der Waals surface area contributed by atoms with Gasteiger partial charge in [0.25, 0.3) is 0 Å². The van der Waals surface area contributed by atoms with Gasteiger partial charge in [0.1, 0.15) is 0 Å². The molecule has 1 aromatic carbocycles. The van der Waals surface area contributed by atoms with Crippen LogP contribution in [-0.2, 0) is 0 Å². The zero-order valence-electron chi connectivity index (χ0n) is 9.11. The molecular weight excluding hydrogens is 346 g/mol. The number of rotatable bonds is 4. The standard InChI is InChI=1S/C10H7BrF6O2/c11-6-1-2-7(18-4-9(12,13)14)8(3-6)19-5-10(15,16)17/h1-3H,4-5H2. The van der Waals surface area contributed by atoms with E-state index in [0.717, 1.165) is 12.1 Å². The summed E-state index contributed by atoms with van der Waals surface area (Å²) < 4.78 is 81.0. The molecule has 1 rings (SSSR count). The first-order valence-electron chi connectivity index (χ1n) is 4.75. The van der Waals surface area contributed by atoms with E-state index >= 15 is 0 Å². The second-order valence-electron chi connectivity index (χ2n) is 3.40. The molecule has 1 aromatic rings. The molecule has 0 spiro atoms. The van der Waals surface area contributed by atoms with Crippen LogP contribution < -0.4 is 9.47 Å². The highest BCUT2D eigenvalue weighted by Gasteiger charge is 2.31. The molecule has 0 radical (unpaired) electrons. The van der Waals surface area contributed by atoms with Crippen molar-refractivity contribution in [1.82, 2.24) is 0 Å². The molecule has 0 unspecified atom stereocenters. The van der Waals surface area contributed by atoms with Crippen LogP contribution in [0.25, 0.3) is 0 Å². The van der Waals surface area contributed by atoms with Gasteiger partial charge in [-0.2, -0.15) is 26.3 Å². The third kappa shape index (κ3) is 6.55. The van der Waals surface area contributed by atoms with Gasteiger partial charge in [-0.15, -0.1) is 0 Å². The van der Waals surface area contributed by atoms with Crippen molar-refractivity contribution in [1.29, 1.82) is 0 Å². The summed E-state index contributed by atoms with van der Waals surface area (Å²) in [5.41, 5.74) is 0. The summed E-state index contributed by atoms with van der Waals surface area (Å²) >= 11 is 2.97. The highest BCUT2D eigenvalue weighted by atomic mass is 79.9. The Kier molecular flexibility index (Phi) is 4.94. The van der Waals surface area contributed by atoms with Crippen LogP contribution in [0.2, 0.25) is 0 Å². The molecule has 0 bridgehead atoms. The summed E-state index contributed by atoms with van der Waals surface area (Å²) in [7, 11) is 0. The fourth-order valence-electron chi connectivity index (χ4n) is 1.03. The molecule has 0 fully saturated rings. The van der Waals surface area contributed by atoms with Crippen LogP contribution in [0.15, 0.2) is 22.7 Å². The van der Waals surface area contributed by atoms with E-state index in [-0.39, 0.29) is 0 Å². The van der Waals surface area contributed by atoms with Gasteiger partial charge in [0.05, 0.1) is 0 Å². The summed E-state index contributed by atoms with van der Waals surface area (Å²) in [6.45, 7) is -3.23. The van der Waals surface area contributed by atoms with E-state index in [1.807, 2.05) is 0 Å². The van der Waals surface area contributed by atoms with E-state index < -0.39 is 37.1 Å². The first-order chi connectivity index (χ1) is 8.57. The van der Waals surface area contributed by atoms with E-state index in [0.29, 0.717) is 4.47 Å². The molecule has 0 N–H and O–H groups in total. The lowest BCUT2D eigenvalue weighted by atomic mass is 10.3. The predicted molar refractivity (Wildman–Crippen MR) is 57.2 cm³/mol. The summed E-state index contributed by atoms with van der Waals surface area (Å²) in [5.74, 6) is -0.833. The van der Waals surface area contributed by atoms with Crippen LogP contribution in [0.5, 0.6) is 11.5 Å². The van der Waals surface area contributed by atoms with Gasteiger partial charge >= 0.3 is 12.4 Å². The van der Waals surface area contributed by atoms with Crippen LogP contribution >= 0.6 is 15.9 Å². The maximum Gasteiger partial charge on any atom is 0.422 e. The Labute approximate surface area is 112 Å². The Hall–Kier alpha value is -1.12. The topological polar surface area (TPSA) is 18.5 Å². The summed E-state index contributed by atoms with van der Waals surface area (Å²) in [5, 5.41) is 0. The molecule has 0 atom stereocenters. The van der Waals surface area contributed by atoms with Gasteiger partial charge in [0, 0.05) is 4.47 Å². The van der Waals surface area contributed by atoms with Crippen LogP contribution in [-0.4, -0.2) is 25.6 Å². The lowest BCUT2D eigenvalue weighted by molar-refractivity contribution is -0.158. The van der Waals surface area contributed by atoms with Gasteiger partial charge in [-0.25, -0.2) is 0 Å². The molecule has 0 saturated carbocycles. The summed E-state index contributed by atoms with van der Waals surface area (Å²) in [6, 6.07) is 3.51. The zero-order chi connectivity index (χ0) is 14.7. The normalized spacial score (nSPS) is 12.4. The zero-order valence-corrected chi connectivity index (χ0v) is 10.7. The molecule has 0 aliphatic carbocycles. The molecule has 0 aliphatic rings. The maximum atomic E-state index is 12.0. The number of benzene rings is 1. The average Bonchev–Trinajstić information content (AvgIpc) is 2.22. The first-order valence-corrected chi connectivity index (χ1v) is 5.55. The predicted octanol–water partition coefficient (Wildman–Crippen LogP) is 4.33. The Bertz CT molecular complexity index is 429. The fourth-order valence-corrected chi connectivity index (χ4v) is 1.37. The number of hydrogen-bond acceptors (Lipinski definition) is 2. The molecule has 108 valence electrons. The second kappa shape index (κ2) is 5.89. The Morgan fingerprint density at radius 3 is 1.79 bits per heavy atom. The Morgan fingerprint density at radius 2 is 1.32 bits per heavy atom. The molecule has 2 nitrogen and oxygen atoms in total. The van der Waals surface area contributed by atoms with Crippen LogP contribution in [0.3, 0.4) is 0 Å². The van der Waals surface area contributed by atoms with E-state index in [4.69, 9.17) is 0 Å². The number of halogens is 7. The molecule has 0 heterocycles. The largest absolute Gasteiger partial charge is 0.480 e. The SMILES string of the molecule is FC(F)(F)COc1ccc(Br)cc1OCC(F)(F)F. The molecule has 0 saturated heterocycles. The van der Waals surface area contributed by atoms with E-state index in [1.54, 1.807) is 0 Å². The number of ether oxygens (including phenoxy) is 2. The van der Waals surface area contributed by atoms with Crippen molar-refractivity contribution >= 4 is 15.9 Å². The molecule has 0 amide bonds. The molecule has 9 heteroatoms. The van der Waals surface area contributed by atoms with Gasteiger partial charge < -0.3 is 9.47 Å².